The van der Waals surface area contributed by atoms with Crippen molar-refractivity contribution in [2.45, 2.75) is 26.2 Å². The van der Waals surface area contributed by atoms with Crippen LogP contribution in [0.1, 0.15) is 24.8 Å². The minimum Gasteiger partial charge on any atom is -0.481 e. The highest BCUT2D eigenvalue weighted by Crippen LogP contribution is 2.25. The number of benzene rings is 1. The Balaban J connectivity index is 1.90. The molecule has 1 saturated heterocycles. The Morgan fingerprint density at radius 2 is 2.05 bits per heavy atom. The van der Waals surface area contributed by atoms with Gasteiger partial charge < -0.3 is 15.3 Å². The predicted molar refractivity (Wildman–Crippen MR) is 81.8 cm³/mol. The second-order valence-corrected chi connectivity index (χ2v) is 5.78. The van der Waals surface area contributed by atoms with Gasteiger partial charge in [0.25, 0.3) is 0 Å². The number of hydrogen-bond donors (Lipinski definition) is 2. The fourth-order valence-electron chi connectivity index (χ4n) is 2.52. The molecule has 6 heteroatoms. The zero-order chi connectivity index (χ0) is 15.4. The molecule has 5 nitrogen and oxygen atoms in total. The first-order chi connectivity index (χ1) is 9.97. The van der Waals surface area contributed by atoms with E-state index < -0.39 is 5.97 Å². The van der Waals surface area contributed by atoms with Crippen molar-refractivity contribution in [1.29, 1.82) is 0 Å². The minimum absolute atomic E-state index is 0.158. The molecule has 0 saturated carbocycles. The Kier molecular flexibility index (Phi) is 5.07. The molecule has 1 aliphatic heterocycles. The summed E-state index contributed by atoms with van der Waals surface area (Å²) >= 11 is 6.03. The number of nitrogens with one attached hydrogen (secondary N) is 1. The number of carboxylic acids is 1. The van der Waals surface area contributed by atoms with Gasteiger partial charge in [0.15, 0.2) is 0 Å². The number of aliphatic carboxylic acids is 1. The molecular weight excluding hydrogens is 292 g/mol. The van der Waals surface area contributed by atoms with Gasteiger partial charge in [0.05, 0.1) is 0 Å². The van der Waals surface area contributed by atoms with Crippen LogP contribution < -0.4 is 5.32 Å². The molecule has 114 valence electrons. The van der Waals surface area contributed by atoms with Crippen LogP contribution in [0.5, 0.6) is 0 Å². The molecular formula is C15H19ClN2O3. The first-order valence-corrected chi connectivity index (χ1v) is 7.38. The summed E-state index contributed by atoms with van der Waals surface area (Å²) in [6.45, 7) is 3.03. The number of piperidine rings is 1. The highest BCUT2D eigenvalue weighted by atomic mass is 35.5. The van der Waals surface area contributed by atoms with Gasteiger partial charge in [0.2, 0.25) is 0 Å². The smallest absolute Gasteiger partial charge is 0.321 e. The Bertz CT molecular complexity index is 540. The summed E-state index contributed by atoms with van der Waals surface area (Å²) < 4.78 is 0. The molecule has 1 aromatic carbocycles. The van der Waals surface area contributed by atoms with Crippen molar-refractivity contribution >= 4 is 29.3 Å². The number of amides is 2. The molecule has 1 heterocycles. The van der Waals surface area contributed by atoms with Crippen LogP contribution in [0.25, 0.3) is 0 Å². The van der Waals surface area contributed by atoms with E-state index in [1.54, 1.807) is 17.0 Å². The van der Waals surface area contributed by atoms with Crippen molar-refractivity contribution in [3.05, 3.63) is 28.8 Å². The molecule has 1 aromatic rings. The number of urea groups is 1. The molecule has 1 fully saturated rings. The van der Waals surface area contributed by atoms with Gasteiger partial charge in [-0.3, -0.25) is 4.79 Å². The summed E-state index contributed by atoms with van der Waals surface area (Å²) in [5.74, 6) is -0.605. The molecule has 2 amide bonds. The third-order valence-electron chi connectivity index (χ3n) is 3.87. The monoisotopic (exact) mass is 310 g/mol. The fraction of sp³-hybridized carbons (Fsp3) is 0.467. The lowest BCUT2D eigenvalue weighted by Gasteiger charge is -2.31. The number of hydrogen-bond acceptors (Lipinski definition) is 2. The van der Waals surface area contributed by atoms with Crippen LogP contribution in [0.4, 0.5) is 10.5 Å². The fourth-order valence-corrected chi connectivity index (χ4v) is 2.70. The van der Waals surface area contributed by atoms with E-state index >= 15 is 0 Å². The molecule has 0 atom stereocenters. The third-order valence-corrected chi connectivity index (χ3v) is 4.28. The molecule has 0 unspecified atom stereocenters. The van der Waals surface area contributed by atoms with Gasteiger partial charge in [-0.1, -0.05) is 17.7 Å². The molecule has 2 N–H and O–H groups in total. The van der Waals surface area contributed by atoms with Crippen molar-refractivity contribution in [2.75, 3.05) is 18.4 Å². The normalized spacial score (nSPS) is 15.8. The van der Waals surface area contributed by atoms with Crippen molar-refractivity contribution < 1.29 is 14.7 Å². The zero-order valence-corrected chi connectivity index (χ0v) is 12.7. The number of carboxylic acid groups (broad SMARTS) is 1. The molecule has 1 aliphatic rings. The Morgan fingerprint density at radius 3 is 2.67 bits per heavy atom. The van der Waals surface area contributed by atoms with Crippen LogP contribution in [0.15, 0.2) is 18.2 Å². The van der Waals surface area contributed by atoms with Crippen molar-refractivity contribution in [1.82, 2.24) is 4.90 Å². The average molecular weight is 311 g/mol. The molecule has 21 heavy (non-hydrogen) atoms. The topological polar surface area (TPSA) is 69.6 Å². The lowest BCUT2D eigenvalue weighted by atomic mass is 9.94. The van der Waals surface area contributed by atoms with E-state index in [-0.39, 0.29) is 18.4 Å². The number of halogens is 1. The summed E-state index contributed by atoms with van der Waals surface area (Å²) in [5.41, 5.74) is 1.55. The van der Waals surface area contributed by atoms with Gasteiger partial charge >= 0.3 is 12.0 Å². The summed E-state index contributed by atoms with van der Waals surface area (Å²) in [6, 6.07) is 5.23. The van der Waals surface area contributed by atoms with E-state index in [9.17, 15) is 9.59 Å². The van der Waals surface area contributed by atoms with Crippen LogP contribution in [0, 0.1) is 12.8 Å². The predicted octanol–water partition coefficient (Wildman–Crippen LogP) is 3.37. The first-order valence-electron chi connectivity index (χ1n) is 7.00. The van der Waals surface area contributed by atoms with Crippen LogP contribution >= 0.6 is 11.6 Å². The Hall–Kier alpha value is -1.75. The summed E-state index contributed by atoms with van der Waals surface area (Å²) in [5, 5.41) is 12.3. The summed E-state index contributed by atoms with van der Waals surface area (Å²) in [4.78, 5) is 24.6. The van der Waals surface area contributed by atoms with E-state index in [1.165, 1.54) is 0 Å². The second kappa shape index (κ2) is 6.80. The molecule has 0 radical (unpaired) electrons. The number of carbonyl (C=O) groups is 2. The number of anilines is 1. The lowest BCUT2D eigenvalue weighted by molar-refractivity contribution is -0.138. The SMILES string of the molecule is Cc1c(Cl)cccc1NC(=O)N1CCC(CC(=O)O)CC1. The van der Waals surface area contributed by atoms with Crippen LogP contribution in [0.2, 0.25) is 5.02 Å². The number of likely N-dealkylation sites (tertiary alicyclic amines) is 1. The van der Waals surface area contributed by atoms with Crippen molar-refractivity contribution in [2.24, 2.45) is 5.92 Å². The van der Waals surface area contributed by atoms with E-state index in [4.69, 9.17) is 16.7 Å². The Labute approximate surface area is 128 Å². The van der Waals surface area contributed by atoms with Crippen molar-refractivity contribution in [3.8, 4) is 0 Å². The van der Waals surface area contributed by atoms with Gasteiger partial charge in [-0.2, -0.15) is 0 Å². The summed E-state index contributed by atoms with van der Waals surface area (Å²) in [6.07, 6.45) is 1.64. The summed E-state index contributed by atoms with van der Waals surface area (Å²) in [7, 11) is 0. The number of rotatable bonds is 3. The largest absolute Gasteiger partial charge is 0.481 e. The van der Waals surface area contributed by atoms with Crippen molar-refractivity contribution in [3.63, 3.8) is 0 Å². The number of nitrogens with zero attached hydrogens (tertiary/aromatic N) is 1. The van der Waals surface area contributed by atoms with Gasteiger partial charge in [0, 0.05) is 30.2 Å². The quantitative estimate of drug-likeness (QED) is 0.899. The van der Waals surface area contributed by atoms with Gasteiger partial charge in [-0.25, -0.2) is 4.79 Å². The maximum Gasteiger partial charge on any atom is 0.321 e. The first kappa shape index (κ1) is 15.6. The molecule has 0 spiro atoms. The van der Waals surface area contributed by atoms with Gasteiger partial charge in [-0.05, 0) is 43.4 Å². The average Bonchev–Trinajstić information content (AvgIpc) is 2.44. The molecule has 0 aromatic heterocycles. The zero-order valence-electron chi connectivity index (χ0n) is 11.9. The molecule has 0 bridgehead atoms. The number of carbonyl (C=O) groups excluding carboxylic acids is 1. The molecule has 0 aliphatic carbocycles. The standard InChI is InChI=1S/C15H19ClN2O3/c1-10-12(16)3-2-4-13(10)17-15(21)18-7-5-11(6-8-18)9-14(19)20/h2-4,11H,5-9H2,1H3,(H,17,21)(H,19,20). The van der Waals surface area contributed by atoms with E-state index in [1.807, 2.05) is 13.0 Å². The molecule has 2 rings (SSSR count). The van der Waals surface area contributed by atoms with E-state index in [0.29, 0.717) is 23.8 Å². The van der Waals surface area contributed by atoms with E-state index in [2.05, 4.69) is 5.32 Å². The van der Waals surface area contributed by atoms with Gasteiger partial charge in [-0.15, -0.1) is 0 Å². The Morgan fingerprint density at radius 1 is 1.38 bits per heavy atom. The van der Waals surface area contributed by atoms with E-state index in [0.717, 1.165) is 18.4 Å². The lowest BCUT2D eigenvalue weighted by Crippen LogP contribution is -2.41. The van der Waals surface area contributed by atoms with Gasteiger partial charge in [0.1, 0.15) is 0 Å². The third kappa shape index (κ3) is 4.11. The maximum atomic E-state index is 12.2. The maximum absolute atomic E-state index is 12.2. The minimum atomic E-state index is -0.771. The van der Waals surface area contributed by atoms with Crippen LogP contribution in [0.3, 0.4) is 0 Å². The van der Waals surface area contributed by atoms with Crippen LogP contribution in [-0.2, 0) is 4.79 Å². The van der Waals surface area contributed by atoms with Crippen LogP contribution in [-0.4, -0.2) is 35.1 Å². The second-order valence-electron chi connectivity index (χ2n) is 5.37. The highest BCUT2D eigenvalue weighted by Gasteiger charge is 2.24. The highest BCUT2D eigenvalue weighted by molar-refractivity contribution is 6.31.